The normalized spacial score (nSPS) is 12.0. The Morgan fingerprint density at radius 3 is 2.26 bits per heavy atom. The molecule has 0 aliphatic carbocycles. The van der Waals surface area contributed by atoms with Gasteiger partial charge in [-0.3, -0.25) is 9.52 Å². The van der Waals surface area contributed by atoms with Gasteiger partial charge in [-0.25, -0.2) is 8.42 Å². The second-order valence-electron chi connectivity index (χ2n) is 7.36. The van der Waals surface area contributed by atoms with Crippen molar-refractivity contribution in [1.29, 1.82) is 0 Å². The first kappa shape index (κ1) is 25.4. The first-order valence-electron chi connectivity index (χ1n) is 10.3. The Hall–Kier alpha value is -3.21. The summed E-state index contributed by atoms with van der Waals surface area (Å²) in [6, 6.07) is 17.9. The van der Waals surface area contributed by atoms with E-state index in [0.717, 1.165) is 5.56 Å². The summed E-state index contributed by atoms with van der Waals surface area (Å²) in [4.78, 5) is 12.9. The molecule has 1 atom stereocenters. The molecule has 0 aliphatic heterocycles. The predicted molar refractivity (Wildman–Crippen MR) is 132 cm³/mol. The van der Waals surface area contributed by atoms with Crippen LogP contribution in [0.5, 0.6) is 11.5 Å². The molecule has 0 fully saturated rings. The molecule has 1 amide bonds. The van der Waals surface area contributed by atoms with E-state index in [0.29, 0.717) is 22.1 Å². The summed E-state index contributed by atoms with van der Waals surface area (Å²) in [5, 5.41) is 2.69. The van der Waals surface area contributed by atoms with Gasteiger partial charge in [-0.2, -0.15) is 0 Å². The van der Waals surface area contributed by atoms with Crippen LogP contribution in [0.3, 0.4) is 0 Å². The third-order valence-electron chi connectivity index (χ3n) is 4.90. The Kier molecular flexibility index (Phi) is 8.43. The van der Waals surface area contributed by atoms with Gasteiger partial charge in [-0.1, -0.05) is 17.7 Å². The van der Waals surface area contributed by atoms with Crippen LogP contribution in [0.2, 0.25) is 0 Å². The van der Waals surface area contributed by atoms with Gasteiger partial charge in [-0.05, 0) is 66.6 Å². The number of carbonyl (C=O) groups excluding carboxylic acids is 1. The number of aryl methyl sites for hydroxylation is 1. The Labute approximate surface area is 202 Å². The minimum Gasteiger partial charge on any atom is -0.611 e. The molecule has 3 rings (SSSR count). The number of hydrogen-bond donors (Lipinski definition) is 2. The molecule has 34 heavy (non-hydrogen) atoms. The van der Waals surface area contributed by atoms with Gasteiger partial charge in [0.15, 0.2) is 4.90 Å². The van der Waals surface area contributed by atoms with Crippen molar-refractivity contribution in [2.45, 2.75) is 23.1 Å². The summed E-state index contributed by atoms with van der Waals surface area (Å²) < 4.78 is 50.8. The second-order valence-corrected chi connectivity index (χ2v) is 10.6. The fourth-order valence-corrected chi connectivity index (χ4v) is 5.14. The molecule has 8 nitrogen and oxygen atoms in total. The number of hydrogen-bond acceptors (Lipinski definition) is 6. The lowest BCUT2D eigenvalue weighted by Crippen LogP contribution is -2.18. The molecule has 0 spiro atoms. The molecule has 0 aromatic heterocycles. The van der Waals surface area contributed by atoms with Crippen LogP contribution in [-0.2, 0) is 26.0 Å². The topological polar surface area (TPSA) is 117 Å². The second kappa shape index (κ2) is 11.3. The number of carbonyl (C=O) groups is 1. The molecule has 0 aliphatic rings. The maximum absolute atomic E-state index is 12.8. The van der Waals surface area contributed by atoms with Crippen molar-refractivity contribution in [3.05, 3.63) is 72.3 Å². The predicted octanol–water partition coefficient (Wildman–Crippen LogP) is 3.95. The summed E-state index contributed by atoms with van der Waals surface area (Å²) in [5.41, 5.74) is 1.74. The molecule has 0 radical (unpaired) electrons. The molecule has 0 saturated carbocycles. The average molecular weight is 503 g/mol. The van der Waals surface area contributed by atoms with Gasteiger partial charge < -0.3 is 19.3 Å². The SMILES string of the molecule is COc1ccc(OC)c(NS(=O)(=O)c2ccc(NC(=O)CC[S+]([O-])c3ccc(C)cc3)cc2)c1. The smallest absolute Gasteiger partial charge is 0.262 e. The third kappa shape index (κ3) is 6.66. The van der Waals surface area contributed by atoms with Crippen LogP contribution < -0.4 is 19.5 Å². The Balaban J connectivity index is 1.60. The largest absolute Gasteiger partial charge is 0.611 e. The third-order valence-corrected chi connectivity index (χ3v) is 7.65. The Morgan fingerprint density at radius 1 is 0.971 bits per heavy atom. The van der Waals surface area contributed by atoms with Gasteiger partial charge in [0.2, 0.25) is 5.91 Å². The lowest BCUT2D eigenvalue weighted by molar-refractivity contribution is -0.115. The van der Waals surface area contributed by atoms with Crippen LogP contribution in [0.1, 0.15) is 12.0 Å². The standard InChI is InChI=1S/C24H26N2O6S2/c1-17-4-9-20(10-5-17)33(28)15-14-24(27)25-18-6-11-21(12-7-18)34(29,30)26-22-16-19(31-2)8-13-23(22)32-3/h4-13,16,26H,14-15H2,1-3H3,(H,25,27). The zero-order valence-electron chi connectivity index (χ0n) is 19.0. The lowest BCUT2D eigenvalue weighted by Gasteiger charge is -2.13. The summed E-state index contributed by atoms with van der Waals surface area (Å²) >= 11 is -1.28. The van der Waals surface area contributed by atoms with Crippen LogP contribution in [-0.4, -0.2) is 38.9 Å². The maximum Gasteiger partial charge on any atom is 0.262 e. The molecular weight excluding hydrogens is 476 g/mol. The van der Waals surface area contributed by atoms with Gasteiger partial charge >= 0.3 is 0 Å². The quantitative estimate of drug-likeness (QED) is 0.406. The fourth-order valence-electron chi connectivity index (χ4n) is 3.03. The van der Waals surface area contributed by atoms with Crippen molar-refractivity contribution < 1.29 is 27.2 Å². The Bertz CT molecular complexity index is 1230. The summed E-state index contributed by atoms with van der Waals surface area (Å²) in [6.45, 7) is 1.95. The van der Waals surface area contributed by atoms with Crippen LogP contribution in [0.4, 0.5) is 11.4 Å². The first-order chi connectivity index (χ1) is 16.2. The number of methoxy groups -OCH3 is 2. The highest BCUT2D eigenvalue weighted by Gasteiger charge is 2.18. The highest BCUT2D eigenvalue weighted by Crippen LogP contribution is 2.31. The van der Waals surface area contributed by atoms with E-state index >= 15 is 0 Å². The van der Waals surface area contributed by atoms with Crippen LogP contribution >= 0.6 is 0 Å². The number of sulfonamides is 1. The highest BCUT2D eigenvalue weighted by molar-refractivity contribution is 7.92. The molecule has 1 unspecified atom stereocenters. The number of anilines is 2. The zero-order valence-corrected chi connectivity index (χ0v) is 20.7. The van der Waals surface area contributed by atoms with Crippen LogP contribution in [0, 0.1) is 6.92 Å². The van der Waals surface area contributed by atoms with Gasteiger partial charge in [0.1, 0.15) is 17.3 Å². The zero-order chi connectivity index (χ0) is 24.7. The Morgan fingerprint density at radius 2 is 1.65 bits per heavy atom. The first-order valence-corrected chi connectivity index (χ1v) is 13.1. The molecule has 180 valence electrons. The summed E-state index contributed by atoms with van der Waals surface area (Å²) in [5.74, 6) is 0.694. The molecule has 3 aromatic rings. The van der Waals surface area contributed by atoms with Gasteiger partial charge in [0.25, 0.3) is 10.0 Å². The number of nitrogens with one attached hydrogen (secondary N) is 2. The average Bonchev–Trinajstić information content (AvgIpc) is 2.83. The van der Waals surface area contributed by atoms with E-state index in [4.69, 9.17) is 9.47 Å². The number of rotatable bonds is 10. The van der Waals surface area contributed by atoms with Crippen molar-refractivity contribution in [3.63, 3.8) is 0 Å². The van der Waals surface area contributed by atoms with E-state index in [9.17, 15) is 17.8 Å². The van der Waals surface area contributed by atoms with E-state index in [-0.39, 0.29) is 28.7 Å². The summed E-state index contributed by atoms with van der Waals surface area (Å²) in [7, 11) is -0.992. The minimum absolute atomic E-state index is 0.0100. The summed E-state index contributed by atoms with van der Waals surface area (Å²) in [6.07, 6.45) is 0.0672. The van der Waals surface area contributed by atoms with Gasteiger partial charge in [0.05, 0.1) is 31.2 Å². The van der Waals surface area contributed by atoms with E-state index in [1.165, 1.54) is 44.6 Å². The van der Waals surface area contributed by atoms with Crippen molar-refractivity contribution in [1.82, 2.24) is 0 Å². The molecule has 3 aromatic carbocycles. The fraction of sp³-hybridized carbons (Fsp3) is 0.208. The molecule has 0 bridgehead atoms. The molecule has 10 heteroatoms. The number of amides is 1. The molecule has 2 N–H and O–H groups in total. The molecular formula is C24H26N2O6S2. The maximum atomic E-state index is 12.8. The monoisotopic (exact) mass is 502 g/mol. The molecule has 0 saturated heterocycles. The molecule has 0 heterocycles. The lowest BCUT2D eigenvalue weighted by atomic mass is 10.2. The number of ether oxygens (including phenoxy) is 2. The van der Waals surface area contributed by atoms with E-state index in [1.54, 1.807) is 24.3 Å². The highest BCUT2D eigenvalue weighted by atomic mass is 32.2. The number of benzene rings is 3. The van der Waals surface area contributed by atoms with Crippen LogP contribution in [0.25, 0.3) is 0 Å². The van der Waals surface area contributed by atoms with Crippen molar-refractivity contribution in [2.24, 2.45) is 0 Å². The van der Waals surface area contributed by atoms with E-state index in [1.807, 2.05) is 19.1 Å². The van der Waals surface area contributed by atoms with E-state index < -0.39 is 21.2 Å². The minimum atomic E-state index is -3.91. The van der Waals surface area contributed by atoms with Crippen molar-refractivity contribution in [2.75, 3.05) is 30.0 Å². The van der Waals surface area contributed by atoms with Gasteiger partial charge in [-0.15, -0.1) is 0 Å². The van der Waals surface area contributed by atoms with E-state index in [2.05, 4.69) is 10.0 Å². The van der Waals surface area contributed by atoms with Crippen molar-refractivity contribution in [3.8, 4) is 11.5 Å². The van der Waals surface area contributed by atoms with Crippen LogP contribution in [0.15, 0.2) is 76.5 Å². The van der Waals surface area contributed by atoms with Crippen molar-refractivity contribution >= 4 is 38.5 Å². The van der Waals surface area contributed by atoms with Gasteiger partial charge in [0, 0.05) is 11.8 Å².